The number of nitrogens with one attached hydrogen (secondary N) is 1. The Morgan fingerprint density at radius 2 is 2.21 bits per heavy atom. The molecule has 1 aromatic heterocycles. The number of hydrogen-bond donors (Lipinski definition) is 1. The lowest BCUT2D eigenvalue weighted by Gasteiger charge is -2.17. The smallest absolute Gasteiger partial charge is 0.333 e. The van der Waals surface area contributed by atoms with E-state index in [-0.39, 0.29) is 5.69 Å². The van der Waals surface area contributed by atoms with Gasteiger partial charge in [0.15, 0.2) is 6.04 Å². The number of hydrogen-bond acceptors (Lipinski definition) is 4. The third kappa shape index (κ3) is 3.32. The fourth-order valence-corrected chi connectivity index (χ4v) is 2.36. The van der Waals surface area contributed by atoms with Crippen LogP contribution < -0.4 is 5.32 Å². The summed E-state index contributed by atoms with van der Waals surface area (Å²) < 4.78 is 18.6. The second-order valence-electron chi connectivity index (χ2n) is 3.87. The number of para-hydroxylation sites is 1. The van der Waals surface area contributed by atoms with Crippen LogP contribution in [0.4, 0.5) is 10.1 Å². The minimum Gasteiger partial charge on any atom is -0.464 e. The SMILES string of the molecule is CCOC(=O)C(Nc1ccccc1F)c1ccsc1. The largest absolute Gasteiger partial charge is 0.464 e. The van der Waals surface area contributed by atoms with E-state index < -0.39 is 17.8 Å². The van der Waals surface area contributed by atoms with Crippen LogP contribution in [0, 0.1) is 5.82 Å². The Morgan fingerprint density at radius 3 is 2.84 bits per heavy atom. The first-order valence-corrected chi connectivity index (χ1v) is 6.86. The molecule has 19 heavy (non-hydrogen) atoms. The van der Waals surface area contributed by atoms with Gasteiger partial charge in [-0.25, -0.2) is 9.18 Å². The van der Waals surface area contributed by atoms with Gasteiger partial charge in [-0.15, -0.1) is 0 Å². The molecule has 2 aromatic rings. The first kappa shape index (κ1) is 13.5. The van der Waals surface area contributed by atoms with Crippen LogP contribution in [0.25, 0.3) is 0 Å². The second kappa shape index (κ2) is 6.33. The Hall–Kier alpha value is -1.88. The number of carbonyl (C=O) groups is 1. The van der Waals surface area contributed by atoms with Crippen LogP contribution in [0.15, 0.2) is 41.1 Å². The third-order valence-electron chi connectivity index (χ3n) is 2.57. The van der Waals surface area contributed by atoms with Gasteiger partial charge in [-0.2, -0.15) is 11.3 Å². The van der Waals surface area contributed by atoms with Gasteiger partial charge in [0.25, 0.3) is 0 Å². The number of esters is 1. The summed E-state index contributed by atoms with van der Waals surface area (Å²) in [6.45, 7) is 2.03. The predicted octanol–water partition coefficient (Wildman–Crippen LogP) is 3.60. The molecule has 0 aliphatic rings. The van der Waals surface area contributed by atoms with Crippen LogP contribution in [0.5, 0.6) is 0 Å². The van der Waals surface area contributed by atoms with Crippen molar-refractivity contribution in [3.63, 3.8) is 0 Å². The summed E-state index contributed by atoms with van der Waals surface area (Å²) in [5.41, 5.74) is 1.05. The Kier molecular flexibility index (Phi) is 4.52. The van der Waals surface area contributed by atoms with E-state index in [0.717, 1.165) is 5.56 Å². The Labute approximate surface area is 115 Å². The standard InChI is InChI=1S/C14H14FNO2S/c1-2-18-14(17)13(10-7-8-19-9-10)16-12-6-4-3-5-11(12)15/h3-9,13,16H,2H2,1H3. The molecule has 0 aliphatic carbocycles. The van der Waals surface area contributed by atoms with Crippen LogP contribution in [-0.2, 0) is 9.53 Å². The number of benzene rings is 1. The minimum atomic E-state index is -0.692. The molecule has 0 amide bonds. The molecule has 3 nitrogen and oxygen atoms in total. The van der Waals surface area contributed by atoms with Crippen molar-refractivity contribution < 1.29 is 13.9 Å². The maximum atomic E-state index is 13.6. The Bertz CT molecular complexity index is 542. The Balaban J connectivity index is 2.24. The van der Waals surface area contributed by atoms with Crippen molar-refractivity contribution >= 4 is 23.0 Å². The molecule has 1 heterocycles. The van der Waals surface area contributed by atoms with Gasteiger partial charge in [0.2, 0.25) is 0 Å². The monoisotopic (exact) mass is 279 g/mol. The second-order valence-corrected chi connectivity index (χ2v) is 4.65. The van der Waals surface area contributed by atoms with Crippen molar-refractivity contribution in [1.82, 2.24) is 0 Å². The quantitative estimate of drug-likeness (QED) is 0.850. The van der Waals surface area contributed by atoms with E-state index in [4.69, 9.17) is 4.74 Å². The van der Waals surface area contributed by atoms with E-state index in [1.807, 2.05) is 16.8 Å². The van der Waals surface area contributed by atoms with Crippen LogP contribution in [0.1, 0.15) is 18.5 Å². The van der Waals surface area contributed by atoms with Gasteiger partial charge in [-0.3, -0.25) is 0 Å². The number of carbonyl (C=O) groups excluding carboxylic acids is 1. The number of halogens is 1. The molecule has 1 unspecified atom stereocenters. The lowest BCUT2D eigenvalue weighted by atomic mass is 10.1. The van der Waals surface area contributed by atoms with E-state index in [0.29, 0.717) is 6.61 Å². The molecular weight excluding hydrogens is 265 g/mol. The van der Waals surface area contributed by atoms with E-state index in [9.17, 15) is 9.18 Å². The number of rotatable bonds is 5. The first-order chi connectivity index (χ1) is 9.22. The van der Waals surface area contributed by atoms with Crippen LogP contribution in [-0.4, -0.2) is 12.6 Å². The van der Waals surface area contributed by atoms with Gasteiger partial charge in [-0.05, 0) is 41.4 Å². The number of anilines is 1. The fraction of sp³-hybridized carbons (Fsp3) is 0.214. The van der Waals surface area contributed by atoms with Crippen molar-refractivity contribution in [3.8, 4) is 0 Å². The van der Waals surface area contributed by atoms with Gasteiger partial charge in [0.05, 0.1) is 12.3 Å². The zero-order valence-corrected chi connectivity index (χ0v) is 11.2. The lowest BCUT2D eigenvalue weighted by Crippen LogP contribution is -2.23. The summed E-state index contributed by atoms with van der Waals surface area (Å²) in [7, 11) is 0. The van der Waals surface area contributed by atoms with Crippen LogP contribution in [0.3, 0.4) is 0 Å². The van der Waals surface area contributed by atoms with Crippen LogP contribution in [0.2, 0.25) is 0 Å². The van der Waals surface area contributed by atoms with E-state index in [2.05, 4.69) is 5.32 Å². The molecule has 1 N–H and O–H groups in total. The summed E-state index contributed by atoms with van der Waals surface area (Å²) in [5, 5.41) is 6.60. The van der Waals surface area contributed by atoms with Crippen molar-refractivity contribution in [2.45, 2.75) is 13.0 Å². The number of thiophene rings is 1. The van der Waals surface area contributed by atoms with Crippen molar-refractivity contribution in [2.24, 2.45) is 0 Å². The third-order valence-corrected chi connectivity index (χ3v) is 3.27. The number of ether oxygens (including phenoxy) is 1. The Morgan fingerprint density at radius 1 is 1.42 bits per heavy atom. The minimum absolute atomic E-state index is 0.284. The van der Waals surface area contributed by atoms with Crippen molar-refractivity contribution in [1.29, 1.82) is 0 Å². The van der Waals surface area contributed by atoms with Gasteiger partial charge >= 0.3 is 5.97 Å². The molecule has 5 heteroatoms. The summed E-state index contributed by atoms with van der Waals surface area (Å²) in [6.07, 6.45) is 0. The zero-order chi connectivity index (χ0) is 13.7. The lowest BCUT2D eigenvalue weighted by molar-refractivity contribution is -0.144. The summed E-state index contributed by atoms with van der Waals surface area (Å²) >= 11 is 1.48. The fourth-order valence-electron chi connectivity index (χ4n) is 1.68. The molecule has 1 aromatic carbocycles. The summed E-state index contributed by atoms with van der Waals surface area (Å²) in [4.78, 5) is 12.0. The average molecular weight is 279 g/mol. The molecule has 0 saturated heterocycles. The first-order valence-electron chi connectivity index (χ1n) is 5.92. The van der Waals surface area contributed by atoms with E-state index in [1.54, 1.807) is 25.1 Å². The van der Waals surface area contributed by atoms with Crippen molar-refractivity contribution in [2.75, 3.05) is 11.9 Å². The summed E-state index contributed by atoms with van der Waals surface area (Å²) in [5.74, 6) is -0.809. The van der Waals surface area contributed by atoms with Crippen molar-refractivity contribution in [3.05, 3.63) is 52.5 Å². The predicted molar refractivity (Wildman–Crippen MR) is 73.7 cm³/mol. The molecule has 0 fully saturated rings. The highest BCUT2D eigenvalue weighted by Gasteiger charge is 2.23. The maximum Gasteiger partial charge on any atom is 0.333 e. The molecule has 0 aliphatic heterocycles. The highest BCUT2D eigenvalue weighted by Crippen LogP contribution is 2.24. The topological polar surface area (TPSA) is 38.3 Å². The van der Waals surface area contributed by atoms with Crippen LogP contribution >= 0.6 is 11.3 Å². The van der Waals surface area contributed by atoms with E-state index in [1.165, 1.54) is 17.4 Å². The molecule has 2 rings (SSSR count). The molecule has 1 atom stereocenters. The molecule has 0 saturated carbocycles. The van der Waals surface area contributed by atoms with E-state index >= 15 is 0 Å². The maximum absolute atomic E-state index is 13.6. The highest BCUT2D eigenvalue weighted by atomic mass is 32.1. The molecular formula is C14H14FNO2S. The molecule has 0 bridgehead atoms. The molecule has 100 valence electrons. The van der Waals surface area contributed by atoms with Gasteiger partial charge < -0.3 is 10.1 Å². The molecule has 0 spiro atoms. The summed E-state index contributed by atoms with van der Waals surface area (Å²) in [6, 6.07) is 7.38. The highest BCUT2D eigenvalue weighted by molar-refractivity contribution is 7.08. The van der Waals surface area contributed by atoms with Gasteiger partial charge in [0, 0.05) is 0 Å². The zero-order valence-electron chi connectivity index (χ0n) is 10.4. The van der Waals surface area contributed by atoms with Gasteiger partial charge in [0.1, 0.15) is 5.82 Å². The average Bonchev–Trinajstić information content (AvgIpc) is 2.91. The normalized spacial score (nSPS) is 11.9. The molecule has 0 radical (unpaired) electrons. The van der Waals surface area contributed by atoms with Gasteiger partial charge in [-0.1, -0.05) is 12.1 Å².